The molecule has 0 saturated heterocycles. The highest BCUT2D eigenvalue weighted by Gasteiger charge is 2.20. The summed E-state index contributed by atoms with van der Waals surface area (Å²) < 4.78 is 16.3. The molecule has 2 unspecified atom stereocenters. The fraction of sp³-hybridized carbons (Fsp3) is 0.900. The van der Waals surface area contributed by atoms with Gasteiger partial charge in [0, 0.05) is 6.42 Å². The molecule has 0 aliphatic carbocycles. The largest absolute Gasteiger partial charge is 0.465 e. The molecule has 1 amide bonds. The van der Waals surface area contributed by atoms with Crippen LogP contribution in [0, 0.1) is 11.8 Å². The normalized spacial score (nSPS) is 12.3. The minimum Gasteiger partial charge on any atom is -0.465 e. The highest BCUT2D eigenvalue weighted by Crippen LogP contribution is 2.21. The number of unbranched alkanes of at least 4 members (excludes halogenated alkanes) is 15. The van der Waals surface area contributed by atoms with E-state index in [0.717, 1.165) is 103 Å². The lowest BCUT2D eigenvalue weighted by Crippen LogP contribution is -2.30. The van der Waals surface area contributed by atoms with E-state index in [1.165, 1.54) is 51.4 Å². The lowest BCUT2D eigenvalue weighted by atomic mass is 9.94. The van der Waals surface area contributed by atoms with E-state index in [1.54, 1.807) is 0 Å². The zero-order chi connectivity index (χ0) is 35.5. The second kappa shape index (κ2) is 34.7. The summed E-state index contributed by atoms with van der Waals surface area (Å²) in [6.07, 6.45) is 26.5. The quantitative estimate of drug-likeness (QED) is 0.0403. The first kappa shape index (κ1) is 45.9. The van der Waals surface area contributed by atoms with Gasteiger partial charge in [-0.2, -0.15) is 0 Å². The molecule has 0 aromatic heterocycles. The Hall–Kier alpha value is -2.12. The van der Waals surface area contributed by atoms with Crippen LogP contribution in [-0.4, -0.2) is 50.2 Å². The Kier molecular flexibility index (Phi) is 33.2. The van der Waals surface area contributed by atoms with Crippen molar-refractivity contribution in [2.75, 3.05) is 26.4 Å². The molecule has 282 valence electrons. The second-order valence-corrected chi connectivity index (χ2v) is 13.6. The molecule has 0 aromatic rings. The smallest absolute Gasteiger partial charge is 0.325 e. The molecule has 1 N–H and O–H groups in total. The molecule has 0 saturated carbocycles. The number of amides is 1. The van der Waals surface area contributed by atoms with Crippen LogP contribution in [0.5, 0.6) is 0 Å². The van der Waals surface area contributed by atoms with Gasteiger partial charge in [0.1, 0.15) is 6.54 Å². The Labute approximate surface area is 295 Å². The van der Waals surface area contributed by atoms with Crippen LogP contribution >= 0.6 is 0 Å². The predicted molar refractivity (Wildman–Crippen MR) is 196 cm³/mol. The van der Waals surface area contributed by atoms with Crippen molar-refractivity contribution in [2.45, 2.75) is 195 Å². The zero-order valence-electron chi connectivity index (χ0n) is 31.7. The molecule has 0 heterocycles. The summed E-state index contributed by atoms with van der Waals surface area (Å²) in [5, 5.41) is 2.59. The molecule has 48 heavy (non-hydrogen) atoms. The molecule has 0 spiro atoms. The number of nitrogens with one attached hydrogen (secondary N) is 1. The van der Waals surface area contributed by atoms with Crippen molar-refractivity contribution in [1.82, 2.24) is 5.32 Å². The molecule has 8 nitrogen and oxygen atoms in total. The van der Waals surface area contributed by atoms with Crippen molar-refractivity contribution in [3.63, 3.8) is 0 Å². The monoisotopic (exact) mass is 682 g/mol. The van der Waals surface area contributed by atoms with Gasteiger partial charge in [-0.15, -0.1) is 0 Å². The number of hydrogen-bond acceptors (Lipinski definition) is 7. The SMILES string of the molecule is CCCCCCCCC(CCCCCC)C(=O)OCCCCCCCCOC(=O)CNC(=O)CCCOC(=O)C(CCC)CCCCC. The summed E-state index contributed by atoms with van der Waals surface area (Å²) in [4.78, 5) is 49.1. The minimum atomic E-state index is -0.439. The maximum Gasteiger partial charge on any atom is 0.325 e. The third kappa shape index (κ3) is 28.9. The van der Waals surface area contributed by atoms with E-state index in [-0.39, 0.29) is 49.3 Å². The van der Waals surface area contributed by atoms with Crippen molar-refractivity contribution in [1.29, 1.82) is 0 Å². The van der Waals surface area contributed by atoms with Crippen LogP contribution in [0.1, 0.15) is 195 Å². The van der Waals surface area contributed by atoms with E-state index in [9.17, 15) is 19.2 Å². The molecule has 8 heteroatoms. The Morgan fingerprint density at radius 3 is 1.38 bits per heavy atom. The van der Waals surface area contributed by atoms with Gasteiger partial charge in [0.25, 0.3) is 0 Å². The van der Waals surface area contributed by atoms with Gasteiger partial charge in [0.05, 0.1) is 31.7 Å². The molecule has 2 atom stereocenters. The average Bonchev–Trinajstić information content (AvgIpc) is 3.08. The van der Waals surface area contributed by atoms with Crippen LogP contribution in [0.2, 0.25) is 0 Å². The molecule has 0 fully saturated rings. The summed E-state index contributed by atoms with van der Waals surface area (Å²) >= 11 is 0. The number of ether oxygens (including phenoxy) is 3. The van der Waals surface area contributed by atoms with Gasteiger partial charge in [-0.3, -0.25) is 19.2 Å². The second-order valence-electron chi connectivity index (χ2n) is 13.6. The molecule has 0 bridgehead atoms. The fourth-order valence-corrected chi connectivity index (χ4v) is 5.96. The number of rotatable bonds is 35. The topological polar surface area (TPSA) is 108 Å². The van der Waals surface area contributed by atoms with E-state index in [4.69, 9.17) is 14.2 Å². The molecule has 0 aromatic carbocycles. The average molecular weight is 682 g/mol. The molecule has 0 aliphatic heterocycles. The van der Waals surface area contributed by atoms with Crippen molar-refractivity contribution in [2.24, 2.45) is 11.8 Å². The van der Waals surface area contributed by atoms with Crippen molar-refractivity contribution in [3.05, 3.63) is 0 Å². The van der Waals surface area contributed by atoms with Gasteiger partial charge >= 0.3 is 17.9 Å². The van der Waals surface area contributed by atoms with Gasteiger partial charge in [-0.1, -0.05) is 143 Å². The molecule has 0 aliphatic rings. The van der Waals surface area contributed by atoms with Crippen LogP contribution < -0.4 is 5.32 Å². The first-order chi connectivity index (χ1) is 23.4. The third-order valence-corrected chi connectivity index (χ3v) is 9.04. The highest BCUT2D eigenvalue weighted by molar-refractivity contribution is 5.81. The Morgan fingerprint density at radius 2 is 0.833 bits per heavy atom. The first-order valence-electron chi connectivity index (χ1n) is 20.1. The van der Waals surface area contributed by atoms with Gasteiger partial charge in [0.15, 0.2) is 0 Å². The molecule has 0 rings (SSSR count). The van der Waals surface area contributed by atoms with Crippen LogP contribution in [-0.2, 0) is 33.4 Å². The highest BCUT2D eigenvalue weighted by atomic mass is 16.5. The van der Waals surface area contributed by atoms with Crippen molar-refractivity contribution < 1.29 is 33.4 Å². The van der Waals surface area contributed by atoms with Gasteiger partial charge < -0.3 is 19.5 Å². The minimum absolute atomic E-state index is 0.00700. The lowest BCUT2D eigenvalue weighted by molar-refractivity contribution is -0.150. The maximum absolute atomic E-state index is 12.8. The van der Waals surface area contributed by atoms with Gasteiger partial charge in [-0.25, -0.2) is 0 Å². The Balaban J connectivity index is 3.88. The molecular weight excluding hydrogens is 606 g/mol. The standard InChI is InChI=1S/C40H75NO7/c1-5-9-12-14-17-22-29-36(28-21-13-10-6-2)40(45)47-32-24-19-16-15-18-23-31-46-38(43)34-41-37(42)30-25-33-48-39(44)35(26-8-4)27-20-11-7-3/h35-36H,5-34H2,1-4H3,(H,41,42). The van der Waals surface area contributed by atoms with Crippen LogP contribution in [0.4, 0.5) is 0 Å². The Morgan fingerprint density at radius 1 is 0.438 bits per heavy atom. The van der Waals surface area contributed by atoms with Crippen LogP contribution in [0.15, 0.2) is 0 Å². The van der Waals surface area contributed by atoms with Gasteiger partial charge in [-0.05, 0) is 44.9 Å². The molecular formula is C40H75NO7. The van der Waals surface area contributed by atoms with Gasteiger partial charge in [0.2, 0.25) is 5.91 Å². The summed E-state index contributed by atoms with van der Waals surface area (Å²) in [5.74, 6) is -0.832. The summed E-state index contributed by atoms with van der Waals surface area (Å²) in [7, 11) is 0. The van der Waals surface area contributed by atoms with Crippen molar-refractivity contribution >= 4 is 23.8 Å². The molecule has 0 radical (unpaired) electrons. The summed E-state index contributed by atoms with van der Waals surface area (Å²) in [5.41, 5.74) is 0. The number of hydrogen-bond donors (Lipinski definition) is 1. The van der Waals surface area contributed by atoms with E-state index >= 15 is 0 Å². The maximum atomic E-state index is 12.8. The number of carbonyl (C=O) groups is 4. The predicted octanol–water partition coefficient (Wildman–Crippen LogP) is 10.2. The lowest BCUT2D eigenvalue weighted by Gasteiger charge is -2.16. The van der Waals surface area contributed by atoms with Crippen molar-refractivity contribution in [3.8, 4) is 0 Å². The summed E-state index contributed by atoms with van der Waals surface area (Å²) in [6.45, 7) is 9.59. The zero-order valence-corrected chi connectivity index (χ0v) is 31.7. The van der Waals surface area contributed by atoms with Crippen LogP contribution in [0.3, 0.4) is 0 Å². The van der Waals surface area contributed by atoms with E-state index in [0.29, 0.717) is 19.6 Å². The fourth-order valence-electron chi connectivity index (χ4n) is 5.96. The van der Waals surface area contributed by atoms with Crippen LogP contribution in [0.25, 0.3) is 0 Å². The summed E-state index contributed by atoms with van der Waals surface area (Å²) in [6, 6.07) is 0. The van der Waals surface area contributed by atoms with E-state index < -0.39 is 5.97 Å². The first-order valence-corrected chi connectivity index (χ1v) is 20.1. The number of esters is 3. The Bertz CT molecular complexity index is 788. The number of carbonyl (C=O) groups excluding carboxylic acids is 4. The van der Waals surface area contributed by atoms with E-state index in [2.05, 4.69) is 33.0 Å². The third-order valence-electron chi connectivity index (χ3n) is 9.04. The van der Waals surface area contributed by atoms with E-state index in [1.807, 2.05) is 0 Å².